The largest absolute Gasteiger partial charge is 0.481 e. The van der Waals surface area contributed by atoms with E-state index in [-0.39, 0.29) is 38.1 Å². The van der Waals surface area contributed by atoms with Crippen LogP contribution in [0.25, 0.3) is 0 Å². The monoisotopic (exact) mass is 725 g/mol. The lowest BCUT2D eigenvalue weighted by atomic mass is 10.0. The molecule has 2 fully saturated rings. The van der Waals surface area contributed by atoms with Gasteiger partial charge in [-0.25, -0.2) is 4.79 Å². The number of hydrogen-bond acceptors (Lipinski definition) is 11. The number of carboxylic acids is 2. The van der Waals surface area contributed by atoms with Crippen molar-refractivity contribution in [2.24, 2.45) is 22.9 Å². The Morgan fingerprint density at radius 2 is 1.16 bits per heavy atom. The first-order valence-corrected chi connectivity index (χ1v) is 17.6. The topological polar surface area (TPSA) is 324 Å². The molecule has 2 saturated heterocycles. The highest BCUT2D eigenvalue weighted by molar-refractivity contribution is 5.97. The third-order valence-corrected chi connectivity index (χ3v) is 9.10. The minimum Gasteiger partial charge on any atom is -0.481 e. The van der Waals surface area contributed by atoms with Crippen LogP contribution in [0.15, 0.2) is 0 Å². The number of primary amides is 1. The summed E-state index contributed by atoms with van der Waals surface area (Å²) in [4.78, 5) is 104. The third-order valence-electron chi connectivity index (χ3n) is 9.10. The average molecular weight is 726 g/mol. The molecule has 2 heterocycles. The smallest absolute Gasteiger partial charge is 0.326 e. The summed E-state index contributed by atoms with van der Waals surface area (Å²) in [5.41, 5.74) is 22.6. The van der Waals surface area contributed by atoms with E-state index in [1.165, 1.54) is 9.80 Å². The Morgan fingerprint density at radius 3 is 1.67 bits per heavy atom. The van der Waals surface area contributed by atoms with Gasteiger partial charge in [-0.2, -0.15) is 0 Å². The quantitative estimate of drug-likeness (QED) is 0.0482. The van der Waals surface area contributed by atoms with Gasteiger partial charge in [0.15, 0.2) is 0 Å². The number of carbonyl (C=O) groups excluding carboxylic acids is 6. The van der Waals surface area contributed by atoms with Gasteiger partial charge in [-0.3, -0.25) is 33.6 Å². The number of nitrogens with zero attached hydrogens (tertiary/aromatic N) is 2. The maximum absolute atomic E-state index is 14.0. The minimum absolute atomic E-state index is 0.167. The molecule has 288 valence electrons. The van der Waals surface area contributed by atoms with E-state index in [0.29, 0.717) is 71.0 Å². The fourth-order valence-electron chi connectivity index (χ4n) is 6.29. The predicted molar refractivity (Wildman–Crippen MR) is 182 cm³/mol. The van der Waals surface area contributed by atoms with Crippen molar-refractivity contribution in [3.05, 3.63) is 0 Å². The number of carbonyl (C=O) groups is 8. The van der Waals surface area contributed by atoms with Crippen molar-refractivity contribution < 1.29 is 48.6 Å². The molecule has 0 aromatic rings. The molecule has 6 amide bonds. The lowest BCUT2D eigenvalue weighted by molar-refractivity contribution is -0.145. The van der Waals surface area contributed by atoms with E-state index >= 15 is 0 Å². The Balaban J connectivity index is 2.20. The number of hydrogen-bond donors (Lipinski definition) is 9. The van der Waals surface area contributed by atoms with E-state index in [4.69, 9.17) is 28.0 Å². The molecule has 0 unspecified atom stereocenters. The lowest BCUT2D eigenvalue weighted by Crippen LogP contribution is -2.58. The summed E-state index contributed by atoms with van der Waals surface area (Å²) in [6.45, 7) is 1.34. The predicted octanol–water partition coefficient (Wildman–Crippen LogP) is -2.78. The van der Waals surface area contributed by atoms with Gasteiger partial charge in [-0.15, -0.1) is 0 Å². The molecule has 2 aliphatic heterocycles. The van der Waals surface area contributed by atoms with Gasteiger partial charge < -0.3 is 58.9 Å². The Labute approximate surface area is 296 Å². The van der Waals surface area contributed by atoms with Gasteiger partial charge >= 0.3 is 11.9 Å². The summed E-state index contributed by atoms with van der Waals surface area (Å²) in [5, 5.41) is 25.9. The molecule has 19 heteroatoms. The molecule has 0 aromatic heterocycles. The standard InChI is InChI=1S/C32H55N9O10/c33-15-3-1-7-19(35)30(48)40-17-5-9-23(40)29(47)38-21(8-2-4-16-34)31(49)41-18-6-10-24(41)28(46)37-20(11-13-25(36)42)27(45)39-22(32(50)51)12-14-26(43)44/h19-24H,1-18,33-35H2,(H2,36,42)(H,37,46)(H,38,47)(H,39,45)(H,43,44)(H,50,51)/t19-,20-,21-,22-,23-,24-/m0/s1. The summed E-state index contributed by atoms with van der Waals surface area (Å²) in [6, 6.07) is -6.73. The molecule has 0 radical (unpaired) electrons. The molecular weight excluding hydrogens is 670 g/mol. The number of nitrogens with one attached hydrogen (secondary N) is 3. The fraction of sp³-hybridized carbons (Fsp3) is 0.750. The summed E-state index contributed by atoms with van der Waals surface area (Å²) in [7, 11) is 0. The molecule has 2 aliphatic rings. The lowest BCUT2D eigenvalue weighted by Gasteiger charge is -2.32. The van der Waals surface area contributed by atoms with E-state index in [0.717, 1.165) is 0 Å². The SMILES string of the molecule is NCCCC[C@H](NC(=O)[C@@H]1CCCN1C(=O)[C@@H](N)CCCCN)C(=O)N1CCC[C@H]1C(=O)N[C@@H](CCC(N)=O)C(=O)N[C@@H](CCC(=O)O)C(=O)O. The molecule has 0 spiro atoms. The molecule has 2 rings (SSSR count). The second-order valence-corrected chi connectivity index (χ2v) is 13.0. The summed E-state index contributed by atoms with van der Waals surface area (Å²) in [5.74, 6) is -6.66. The second-order valence-electron chi connectivity index (χ2n) is 13.0. The summed E-state index contributed by atoms with van der Waals surface area (Å²) < 4.78 is 0. The third kappa shape index (κ3) is 13.7. The average Bonchev–Trinajstić information content (AvgIpc) is 3.78. The Kier molecular flexibility index (Phi) is 18.3. The maximum atomic E-state index is 14.0. The second kappa shape index (κ2) is 21.8. The van der Waals surface area contributed by atoms with Crippen LogP contribution in [0.2, 0.25) is 0 Å². The van der Waals surface area contributed by atoms with Crippen LogP contribution in [0.1, 0.15) is 89.9 Å². The molecule has 0 aliphatic carbocycles. The van der Waals surface area contributed by atoms with Crippen molar-refractivity contribution in [3.63, 3.8) is 0 Å². The number of aliphatic carboxylic acids is 2. The van der Waals surface area contributed by atoms with Crippen molar-refractivity contribution >= 4 is 47.4 Å². The summed E-state index contributed by atoms with van der Waals surface area (Å²) in [6.07, 6.45) is 3.08. The van der Waals surface area contributed by atoms with Gasteiger partial charge in [0, 0.05) is 25.9 Å². The first kappa shape index (κ1) is 42.8. The molecule has 13 N–H and O–H groups in total. The zero-order valence-corrected chi connectivity index (χ0v) is 29.1. The minimum atomic E-state index is -1.58. The number of carboxylic acid groups (broad SMARTS) is 2. The number of unbranched alkanes of at least 4 members (excludes halogenated alkanes) is 2. The van der Waals surface area contributed by atoms with E-state index in [1.807, 2.05) is 0 Å². The number of nitrogens with two attached hydrogens (primary N) is 4. The summed E-state index contributed by atoms with van der Waals surface area (Å²) >= 11 is 0. The van der Waals surface area contributed by atoms with Crippen LogP contribution >= 0.6 is 0 Å². The fourth-order valence-corrected chi connectivity index (χ4v) is 6.29. The number of amides is 6. The Bertz CT molecular complexity index is 1250. The van der Waals surface area contributed by atoms with Crippen LogP contribution in [0.5, 0.6) is 0 Å². The van der Waals surface area contributed by atoms with E-state index in [2.05, 4.69) is 16.0 Å². The highest BCUT2D eigenvalue weighted by Gasteiger charge is 2.41. The van der Waals surface area contributed by atoms with Crippen molar-refractivity contribution in [2.45, 2.75) is 126 Å². The highest BCUT2D eigenvalue weighted by atomic mass is 16.4. The Morgan fingerprint density at radius 1 is 0.647 bits per heavy atom. The van der Waals surface area contributed by atoms with Crippen molar-refractivity contribution in [2.75, 3.05) is 26.2 Å². The van der Waals surface area contributed by atoms with E-state index in [9.17, 15) is 43.5 Å². The van der Waals surface area contributed by atoms with Crippen molar-refractivity contribution in [1.82, 2.24) is 25.8 Å². The molecule has 0 bridgehead atoms. The first-order chi connectivity index (χ1) is 24.2. The molecule has 6 atom stereocenters. The van der Waals surface area contributed by atoms with Crippen LogP contribution in [0, 0.1) is 0 Å². The van der Waals surface area contributed by atoms with Crippen molar-refractivity contribution in [3.8, 4) is 0 Å². The Hall–Kier alpha value is -4.36. The van der Waals surface area contributed by atoms with E-state index in [1.54, 1.807) is 0 Å². The van der Waals surface area contributed by atoms with Gasteiger partial charge in [-0.05, 0) is 83.7 Å². The number of rotatable bonds is 23. The number of likely N-dealkylation sites (tertiary alicyclic amines) is 2. The van der Waals surface area contributed by atoms with Gasteiger partial charge in [0.25, 0.3) is 0 Å². The molecule has 51 heavy (non-hydrogen) atoms. The molecule has 0 aromatic carbocycles. The molecule has 0 saturated carbocycles. The zero-order valence-electron chi connectivity index (χ0n) is 29.1. The van der Waals surface area contributed by atoms with Gasteiger partial charge in [-0.1, -0.05) is 6.42 Å². The normalized spacial score (nSPS) is 19.4. The first-order valence-electron chi connectivity index (χ1n) is 17.6. The highest BCUT2D eigenvalue weighted by Crippen LogP contribution is 2.23. The van der Waals surface area contributed by atoms with Crippen LogP contribution in [-0.2, 0) is 38.4 Å². The van der Waals surface area contributed by atoms with Gasteiger partial charge in [0.1, 0.15) is 30.2 Å². The zero-order chi connectivity index (χ0) is 38.1. The van der Waals surface area contributed by atoms with Gasteiger partial charge in [0.2, 0.25) is 35.4 Å². The van der Waals surface area contributed by atoms with Gasteiger partial charge in [0.05, 0.1) is 6.04 Å². The van der Waals surface area contributed by atoms with Crippen molar-refractivity contribution in [1.29, 1.82) is 0 Å². The maximum Gasteiger partial charge on any atom is 0.326 e. The van der Waals surface area contributed by atoms with Crippen LogP contribution in [0.4, 0.5) is 0 Å². The van der Waals surface area contributed by atoms with E-state index < -0.39 is 90.6 Å². The molecule has 19 nitrogen and oxygen atoms in total. The molecular formula is C32H55N9O10. The van der Waals surface area contributed by atoms with Crippen LogP contribution in [0.3, 0.4) is 0 Å². The van der Waals surface area contributed by atoms with Crippen LogP contribution < -0.4 is 38.9 Å². The van der Waals surface area contributed by atoms with Crippen LogP contribution in [-0.4, -0.2) is 130 Å².